The minimum atomic E-state index is -1.29. The molecule has 176 valence electrons. The average Bonchev–Trinajstić information content (AvgIpc) is 3.45. The Balaban J connectivity index is 1.58. The van der Waals surface area contributed by atoms with Gasteiger partial charge in [-0.2, -0.15) is 10.2 Å². The number of aryl methyl sites for hydroxylation is 1. The molecule has 2 atom stereocenters. The van der Waals surface area contributed by atoms with E-state index in [0.29, 0.717) is 23.4 Å². The van der Waals surface area contributed by atoms with Gasteiger partial charge >= 0.3 is 0 Å². The summed E-state index contributed by atoms with van der Waals surface area (Å²) in [6.45, 7) is 4.09. The molecule has 0 aliphatic carbocycles. The third-order valence-electron chi connectivity index (χ3n) is 5.61. The van der Waals surface area contributed by atoms with E-state index in [-0.39, 0.29) is 11.4 Å². The monoisotopic (exact) mass is 465 g/mol. The Morgan fingerprint density at radius 1 is 1.26 bits per heavy atom. The molecule has 0 spiro atoms. The summed E-state index contributed by atoms with van der Waals surface area (Å²) in [5.74, 6) is -0.613. The molecule has 0 saturated heterocycles. The number of nitro groups is 1. The van der Waals surface area contributed by atoms with Gasteiger partial charge in [-0.15, -0.1) is 0 Å². The first-order valence-corrected chi connectivity index (χ1v) is 10.6. The van der Waals surface area contributed by atoms with Gasteiger partial charge in [0.1, 0.15) is 6.10 Å². The van der Waals surface area contributed by atoms with Crippen molar-refractivity contribution < 1.29 is 19.9 Å². The second kappa shape index (κ2) is 9.37. The van der Waals surface area contributed by atoms with Crippen LogP contribution in [0.15, 0.2) is 48.8 Å². The highest BCUT2D eigenvalue weighted by Gasteiger charge is 2.25. The number of carbonyl (C=O) groups excluding carboxylic acids is 1. The van der Waals surface area contributed by atoms with Crippen LogP contribution in [0.2, 0.25) is 0 Å². The molecule has 1 amide bonds. The molecular weight excluding hydrogens is 442 g/mol. The lowest BCUT2D eigenvalue weighted by atomic mass is 10.0. The van der Waals surface area contributed by atoms with Crippen LogP contribution in [-0.2, 0) is 6.54 Å². The van der Waals surface area contributed by atoms with Gasteiger partial charge in [0.25, 0.3) is 11.6 Å². The van der Waals surface area contributed by atoms with E-state index < -0.39 is 29.6 Å². The van der Waals surface area contributed by atoms with E-state index in [1.807, 2.05) is 18.5 Å². The fourth-order valence-corrected chi connectivity index (χ4v) is 3.72. The Labute approximate surface area is 193 Å². The molecule has 0 aliphatic heterocycles. The molecule has 3 N–H and O–H groups in total. The van der Waals surface area contributed by atoms with Crippen LogP contribution in [0.5, 0.6) is 0 Å². The molecule has 0 bridgehead atoms. The molecule has 0 aliphatic rings. The zero-order valence-corrected chi connectivity index (χ0v) is 18.5. The topological polar surface area (TPSA) is 161 Å². The summed E-state index contributed by atoms with van der Waals surface area (Å²) in [6.07, 6.45) is 2.06. The van der Waals surface area contributed by atoms with Gasteiger partial charge in [-0.3, -0.25) is 19.6 Å². The number of benzene rings is 1. The third-order valence-corrected chi connectivity index (χ3v) is 5.61. The van der Waals surface area contributed by atoms with Crippen molar-refractivity contribution in [2.45, 2.75) is 32.5 Å². The largest absolute Gasteiger partial charge is 0.394 e. The van der Waals surface area contributed by atoms with Gasteiger partial charge in [0.2, 0.25) is 0 Å². The number of nitrogens with one attached hydrogen (secondary N) is 1. The number of nitro benzene ring substituents is 1. The smallest absolute Gasteiger partial charge is 0.272 e. The zero-order chi connectivity index (χ0) is 24.4. The number of aliphatic hydroxyl groups is 2. The van der Waals surface area contributed by atoms with Crippen LogP contribution in [0.4, 0.5) is 5.69 Å². The Morgan fingerprint density at radius 3 is 2.62 bits per heavy atom. The normalized spacial score (nSPS) is 13.1. The van der Waals surface area contributed by atoms with Crippen molar-refractivity contribution in [3.63, 3.8) is 0 Å². The second-order valence-corrected chi connectivity index (χ2v) is 7.65. The van der Waals surface area contributed by atoms with Crippen LogP contribution in [0.25, 0.3) is 16.9 Å². The average molecular weight is 465 g/mol. The minimum absolute atomic E-state index is 0.0508. The summed E-state index contributed by atoms with van der Waals surface area (Å²) >= 11 is 0. The maximum absolute atomic E-state index is 12.9. The van der Waals surface area contributed by atoms with Crippen LogP contribution in [0, 0.1) is 17.0 Å². The number of nitrogens with zero attached hydrogens (tertiary/aromatic N) is 6. The Bertz CT molecular complexity index is 1350. The molecule has 0 fully saturated rings. The van der Waals surface area contributed by atoms with Gasteiger partial charge in [-0.05, 0) is 37.6 Å². The van der Waals surface area contributed by atoms with Crippen molar-refractivity contribution >= 4 is 17.2 Å². The first-order chi connectivity index (χ1) is 16.3. The first-order valence-electron chi connectivity index (χ1n) is 10.6. The number of aliphatic hydroxyl groups excluding tert-OH is 2. The minimum Gasteiger partial charge on any atom is -0.394 e. The summed E-state index contributed by atoms with van der Waals surface area (Å²) in [7, 11) is 0. The fraction of sp³-hybridized carbons (Fsp3) is 0.273. The van der Waals surface area contributed by atoms with Crippen molar-refractivity contribution in [3.8, 4) is 11.3 Å². The van der Waals surface area contributed by atoms with E-state index in [1.54, 1.807) is 23.0 Å². The SMILES string of the molecule is CCn1ncc(-c2ccnc3cc(C(=O)NC(CO)C(O)c4ccc([N+](=O)[O-])cc4)nn23)c1C. The summed E-state index contributed by atoms with van der Waals surface area (Å²) < 4.78 is 3.39. The Kier molecular flexibility index (Phi) is 6.34. The molecule has 2 unspecified atom stereocenters. The molecular formula is C22H23N7O5. The van der Waals surface area contributed by atoms with Gasteiger partial charge < -0.3 is 15.5 Å². The van der Waals surface area contributed by atoms with Gasteiger partial charge in [0, 0.05) is 42.2 Å². The van der Waals surface area contributed by atoms with Crippen molar-refractivity contribution in [1.82, 2.24) is 29.7 Å². The van der Waals surface area contributed by atoms with Crippen molar-refractivity contribution in [3.05, 3.63) is 75.9 Å². The number of rotatable bonds is 8. The molecule has 0 radical (unpaired) electrons. The number of hydrogen-bond acceptors (Lipinski definition) is 8. The van der Waals surface area contributed by atoms with E-state index in [1.165, 1.54) is 30.3 Å². The lowest BCUT2D eigenvalue weighted by Gasteiger charge is -2.22. The predicted molar refractivity (Wildman–Crippen MR) is 121 cm³/mol. The molecule has 12 heteroatoms. The summed E-state index contributed by atoms with van der Waals surface area (Å²) in [5.41, 5.74) is 3.19. The van der Waals surface area contributed by atoms with E-state index in [9.17, 15) is 25.1 Å². The third kappa shape index (κ3) is 4.23. The van der Waals surface area contributed by atoms with Crippen molar-refractivity contribution in [1.29, 1.82) is 0 Å². The summed E-state index contributed by atoms with van der Waals surface area (Å²) in [6, 6.07) is 7.46. The maximum Gasteiger partial charge on any atom is 0.272 e. The number of non-ortho nitro benzene ring substituents is 1. The molecule has 1 aromatic carbocycles. The highest BCUT2D eigenvalue weighted by atomic mass is 16.6. The summed E-state index contributed by atoms with van der Waals surface area (Å²) in [4.78, 5) is 27.4. The highest BCUT2D eigenvalue weighted by molar-refractivity contribution is 5.93. The second-order valence-electron chi connectivity index (χ2n) is 7.65. The van der Waals surface area contributed by atoms with Crippen molar-refractivity contribution in [2.24, 2.45) is 0 Å². The quantitative estimate of drug-likeness (QED) is 0.261. The Hall–Kier alpha value is -4.16. The zero-order valence-electron chi connectivity index (χ0n) is 18.5. The van der Waals surface area contributed by atoms with Gasteiger partial charge in [0.15, 0.2) is 11.3 Å². The van der Waals surface area contributed by atoms with E-state index >= 15 is 0 Å². The van der Waals surface area contributed by atoms with Crippen LogP contribution in [0.1, 0.15) is 34.8 Å². The van der Waals surface area contributed by atoms with Crippen LogP contribution >= 0.6 is 0 Å². The predicted octanol–water partition coefficient (Wildman–Crippen LogP) is 1.65. The fourth-order valence-electron chi connectivity index (χ4n) is 3.72. The first kappa shape index (κ1) is 23.0. The van der Waals surface area contributed by atoms with Gasteiger partial charge in [-0.25, -0.2) is 9.50 Å². The lowest BCUT2D eigenvalue weighted by molar-refractivity contribution is -0.384. The van der Waals surface area contributed by atoms with E-state index in [4.69, 9.17) is 0 Å². The highest BCUT2D eigenvalue weighted by Crippen LogP contribution is 2.24. The Morgan fingerprint density at radius 2 is 2.00 bits per heavy atom. The van der Waals surface area contributed by atoms with Crippen LogP contribution in [-0.4, -0.2) is 58.1 Å². The van der Waals surface area contributed by atoms with Gasteiger partial charge in [0.05, 0.1) is 29.5 Å². The van der Waals surface area contributed by atoms with Gasteiger partial charge in [-0.1, -0.05) is 0 Å². The van der Waals surface area contributed by atoms with Crippen LogP contribution in [0.3, 0.4) is 0 Å². The molecule has 4 rings (SSSR count). The van der Waals surface area contributed by atoms with Crippen molar-refractivity contribution in [2.75, 3.05) is 6.61 Å². The lowest BCUT2D eigenvalue weighted by Crippen LogP contribution is -2.42. The molecule has 12 nitrogen and oxygen atoms in total. The number of carbonyl (C=O) groups is 1. The number of amides is 1. The summed E-state index contributed by atoms with van der Waals surface area (Å²) in [5, 5.41) is 42.5. The number of aromatic nitrogens is 5. The molecule has 0 saturated carbocycles. The standard InChI is InChI=1S/C22H23N7O5/c1-3-27-13(2)16(11-24-27)19-8-9-23-20-10-17(26-28(19)20)22(32)25-18(12-30)21(31)14-4-6-15(7-5-14)29(33)34/h4-11,18,21,30-31H,3,12H2,1-2H3,(H,25,32). The maximum atomic E-state index is 12.9. The molecule has 34 heavy (non-hydrogen) atoms. The molecule has 4 aromatic rings. The number of fused-ring (bicyclic) bond motifs is 1. The number of hydrogen-bond donors (Lipinski definition) is 3. The molecule has 3 heterocycles. The van der Waals surface area contributed by atoms with Crippen LogP contribution < -0.4 is 5.32 Å². The van der Waals surface area contributed by atoms with E-state index in [0.717, 1.165) is 11.3 Å². The van der Waals surface area contributed by atoms with E-state index in [2.05, 4.69) is 20.5 Å². The molecule has 3 aromatic heterocycles.